The normalized spacial score (nSPS) is 10.6. The maximum atomic E-state index is 12.3. The minimum Gasteiger partial charge on any atom is -0.454 e. The summed E-state index contributed by atoms with van der Waals surface area (Å²) in [6, 6.07) is 14.4. The van der Waals surface area contributed by atoms with Gasteiger partial charge in [-0.15, -0.1) is 0 Å². The molecule has 0 bridgehead atoms. The molecule has 0 fully saturated rings. The molecule has 26 heavy (non-hydrogen) atoms. The molecule has 1 aromatic heterocycles. The molecule has 0 saturated carbocycles. The summed E-state index contributed by atoms with van der Waals surface area (Å²) >= 11 is 0. The van der Waals surface area contributed by atoms with Crippen LogP contribution in [0.2, 0.25) is 0 Å². The number of benzene rings is 2. The largest absolute Gasteiger partial charge is 0.454 e. The van der Waals surface area contributed by atoms with Crippen LogP contribution >= 0.6 is 0 Å². The number of carbonyl (C=O) groups is 2. The van der Waals surface area contributed by atoms with Gasteiger partial charge in [-0.05, 0) is 56.7 Å². The average molecular weight is 348 g/mol. The summed E-state index contributed by atoms with van der Waals surface area (Å²) < 4.78 is 6.95. The van der Waals surface area contributed by atoms with Gasteiger partial charge in [0.2, 0.25) is 5.78 Å². The van der Waals surface area contributed by atoms with Gasteiger partial charge >= 0.3 is 5.97 Å². The van der Waals surface area contributed by atoms with Crippen molar-refractivity contribution in [2.75, 3.05) is 6.61 Å². The molecule has 0 aliphatic heterocycles. The molecule has 3 rings (SSSR count). The molecule has 5 nitrogen and oxygen atoms in total. The number of carbonyl (C=O) groups excluding carboxylic acids is 2. The fourth-order valence-electron chi connectivity index (χ4n) is 2.80. The third kappa shape index (κ3) is 3.72. The summed E-state index contributed by atoms with van der Waals surface area (Å²) in [6.45, 7) is 5.52. The standard InChI is InChI=1S/C21H20N2O3/c1-14-4-9-19(15(2)12-14)20(24)13-26-21(25)17-5-7-18(8-6-17)23-16(3)10-11-22-23/h4-12H,13H2,1-3H3. The first-order valence-electron chi connectivity index (χ1n) is 8.34. The molecule has 0 aliphatic rings. The van der Waals surface area contributed by atoms with Crippen molar-refractivity contribution in [2.45, 2.75) is 20.8 Å². The number of nitrogens with zero attached hydrogens (tertiary/aromatic N) is 2. The molecule has 0 aliphatic carbocycles. The van der Waals surface area contributed by atoms with E-state index in [0.717, 1.165) is 22.5 Å². The minimum absolute atomic E-state index is 0.209. The van der Waals surface area contributed by atoms with Gasteiger partial charge in [0.25, 0.3) is 0 Å². The molecule has 0 N–H and O–H groups in total. The molecule has 0 radical (unpaired) electrons. The SMILES string of the molecule is Cc1ccc(C(=O)COC(=O)c2ccc(-n3nccc3C)cc2)c(C)c1. The predicted molar refractivity (Wildman–Crippen MR) is 98.8 cm³/mol. The number of rotatable bonds is 5. The number of ether oxygens (including phenoxy) is 1. The summed E-state index contributed by atoms with van der Waals surface area (Å²) in [4.78, 5) is 24.5. The summed E-state index contributed by atoms with van der Waals surface area (Å²) in [7, 11) is 0. The Bertz CT molecular complexity index is 956. The highest BCUT2D eigenvalue weighted by atomic mass is 16.5. The number of hydrogen-bond donors (Lipinski definition) is 0. The molecule has 0 unspecified atom stereocenters. The van der Waals surface area contributed by atoms with Gasteiger partial charge in [0.15, 0.2) is 6.61 Å². The van der Waals surface area contributed by atoms with Crippen molar-refractivity contribution in [1.29, 1.82) is 0 Å². The Morgan fingerprint density at radius 3 is 2.35 bits per heavy atom. The maximum absolute atomic E-state index is 12.3. The highest BCUT2D eigenvalue weighted by Gasteiger charge is 2.14. The highest BCUT2D eigenvalue weighted by Crippen LogP contribution is 2.14. The summed E-state index contributed by atoms with van der Waals surface area (Å²) in [5, 5.41) is 4.22. The van der Waals surface area contributed by atoms with Gasteiger partial charge in [-0.1, -0.05) is 23.8 Å². The van der Waals surface area contributed by atoms with Crippen molar-refractivity contribution in [2.24, 2.45) is 0 Å². The van der Waals surface area contributed by atoms with E-state index in [-0.39, 0.29) is 12.4 Å². The van der Waals surface area contributed by atoms with E-state index in [1.165, 1.54) is 0 Å². The van der Waals surface area contributed by atoms with Crippen LogP contribution in [0.4, 0.5) is 0 Å². The molecule has 5 heteroatoms. The monoisotopic (exact) mass is 348 g/mol. The lowest BCUT2D eigenvalue weighted by Gasteiger charge is -2.08. The quantitative estimate of drug-likeness (QED) is 0.519. The molecule has 3 aromatic rings. The van der Waals surface area contributed by atoms with Crippen LogP contribution in [-0.2, 0) is 4.74 Å². The van der Waals surface area contributed by atoms with Crippen molar-refractivity contribution in [3.8, 4) is 5.69 Å². The fourth-order valence-corrected chi connectivity index (χ4v) is 2.80. The molecule has 0 spiro atoms. The zero-order valence-corrected chi connectivity index (χ0v) is 15.0. The van der Waals surface area contributed by atoms with E-state index in [4.69, 9.17) is 4.74 Å². The molecular weight excluding hydrogens is 328 g/mol. The van der Waals surface area contributed by atoms with E-state index >= 15 is 0 Å². The van der Waals surface area contributed by atoms with Crippen LogP contribution in [0.25, 0.3) is 5.69 Å². The first-order chi connectivity index (χ1) is 12.5. The van der Waals surface area contributed by atoms with Crippen molar-refractivity contribution in [3.63, 3.8) is 0 Å². The van der Waals surface area contributed by atoms with Crippen molar-refractivity contribution in [3.05, 3.63) is 82.7 Å². The van der Waals surface area contributed by atoms with E-state index in [2.05, 4.69) is 5.10 Å². The maximum Gasteiger partial charge on any atom is 0.338 e. The summed E-state index contributed by atoms with van der Waals surface area (Å²) in [5.41, 5.74) is 4.79. The lowest BCUT2D eigenvalue weighted by molar-refractivity contribution is 0.0474. The van der Waals surface area contributed by atoms with Crippen LogP contribution in [0.3, 0.4) is 0 Å². The Morgan fingerprint density at radius 2 is 1.73 bits per heavy atom. The third-order valence-electron chi connectivity index (χ3n) is 4.20. The second kappa shape index (κ2) is 7.35. The van der Waals surface area contributed by atoms with Crippen LogP contribution in [0.1, 0.15) is 37.5 Å². The van der Waals surface area contributed by atoms with Gasteiger partial charge < -0.3 is 4.74 Å². The molecule has 2 aromatic carbocycles. The first-order valence-corrected chi connectivity index (χ1v) is 8.34. The van der Waals surface area contributed by atoms with Gasteiger partial charge in [0.05, 0.1) is 11.3 Å². The van der Waals surface area contributed by atoms with E-state index in [0.29, 0.717) is 11.1 Å². The van der Waals surface area contributed by atoms with Gasteiger partial charge in [-0.3, -0.25) is 4.79 Å². The Balaban J connectivity index is 1.65. The van der Waals surface area contributed by atoms with Crippen molar-refractivity contribution in [1.82, 2.24) is 9.78 Å². The zero-order chi connectivity index (χ0) is 18.7. The molecule has 0 amide bonds. The molecular formula is C21H20N2O3. The molecule has 0 atom stereocenters. The number of aromatic nitrogens is 2. The van der Waals surface area contributed by atoms with E-state index in [1.807, 2.05) is 39.0 Å². The number of aryl methyl sites for hydroxylation is 3. The topological polar surface area (TPSA) is 61.2 Å². The number of Topliss-reactive ketones (excluding diaryl/α,β-unsaturated/α-hetero) is 1. The summed E-state index contributed by atoms with van der Waals surface area (Å²) in [6.07, 6.45) is 1.72. The lowest BCUT2D eigenvalue weighted by atomic mass is 10.0. The van der Waals surface area contributed by atoms with Gasteiger partial charge in [0, 0.05) is 17.5 Å². The van der Waals surface area contributed by atoms with Crippen LogP contribution in [0.5, 0.6) is 0 Å². The van der Waals surface area contributed by atoms with Crippen molar-refractivity contribution >= 4 is 11.8 Å². The predicted octanol–water partition coefficient (Wildman–Crippen LogP) is 3.84. The first kappa shape index (κ1) is 17.6. The smallest absolute Gasteiger partial charge is 0.338 e. The fraction of sp³-hybridized carbons (Fsp3) is 0.190. The molecule has 1 heterocycles. The molecule has 132 valence electrons. The molecule has 0 saturated heterocycles. The van der Waals surface area contributed by atoms with Crippen LogP contribution in [-0.4, -0.2) is 28.1 Å². The van der Waals surface area contributed by atoms with Gasteiger partial charge in [-0.25, -0.2) is 9.48 Å². The van der Waals surface area contributed by atoms with Crippen LogP contribution < -0.4 is 0 Å². The number of ketones is 1. The van der Waals surface area contributed by atoms with Gasteiger partial charge in [0.1, 0.15) is 0 Å². The number of hydrogen-bond acceptors (Lipinski definition) is 4. The minimum atomic E-state index is -0.521. The van der Waals surface area contributed by atoms with E-state index < -0.39 is 5.97 Å². The van der Waals surface area contributed by atoms with Crippen LogP contribution in [0, 0.1) is 20.8 Å². The van der Waals surface area contributed by atoms with E-state index in [1.54, 1.807) is 41.2 Å². The Kier molecular flexibility index (Phi) is 4.98. The Labute approximate surface area is 152 Å². The van der Waals surface area contributed by atoms with Crippen molar-refractivity contribution < 1.29 is 14.3 Å². The average Bonchev–Trinajstić information content (AvgIpc) is 3.05. The number of esters is 1. The van der Waals surface area contributed by atoms with Gasteiger partial charge in [-0.2, -0.15) is 5.10 Å². The van der Waals surface area contributed by atoms with Crippen LogP contribution in [0.15, 0.2) is 54.7 Å². The van der Waals surface area contributed by atoms with E-state index in [9.17, 15) is 9.59 Å². The lowest BCUT2D eigenvalue weighted by Crippen LogP contribution is -2.15. The third-order valence-corrected chi connectivity index (χ3v) is 4.20. The highest BCUT2D eigenvalue weighted by molar-refractivity contribution is 6.00. The second-order valence-electron chi connectivity index (χ2n) is 6.25. The Morgan fingerprint density at radius 1 is 1.00 bits per heavy atom. The summed E-state index contributed by atoms with van der Waals surface area (Å²) in [5.74, 6) is -0.730. The Hall–Kier alpha value is -3.21. The second-order valence-corrected chi connectivity index (χ2v) is 6.25. The zero-order valence-electron chi connectivity index (χ0n) is 15.0.